The summed E-state index contributed by atoms with van der Waals surface area (Å²) in [6, 6.07) is 26.7. The van der Waals surface area contributed by atoms with Gasteiger partial charge in [-0.3, -0.25) is 14.5 Å². The topological polar surface area (TPSA) is 72.9 Å². The summed E-state index contributed by atoms with van der Waals surface area (Å²) in [5.74, 6) is 0.194. The van der Waals surface area contributed by atoms with Gasteiger partial charge < -0.3 is 9.47 Å². The van der Waals surface area contributed by atoms with Crippen LogP contribution in [0.3, 0.4) is 0 Å². The summed E-state index contributed by atoms with van der Waals surface area (Å²) in [5, 5.41) is 2.22. The zero-order valence-corrected chi connectivity index (χ0v) is 21.0. The third-order valence-electron chi connectivity index (χ3n) is 5.66. The third kappa shape index (κ3) is 5.69. The molecule has 8 heteroatoms. The molecule has 0 spiro atoms. The van der Waals surface area contributed by atoms with Crippen LogP contribution in [0.25, 0.3) is 16.8 Å². The van der Waals surface area contributed by atoms with Crippen LogP contribution < -0.4 is 9.47 Å². The average Bonchev–Trinajstić information content (AvgIpc) is 3.17. The predicted molar refractivity (Wildman–Crippen MR) is 145 cm³/mol. The SMILES string of the molecule is O=C(Oc1ccc(/C=C2\SC(=O)N(CCOc3cccc4ccccc34)C2=O)cc1)c1ccc(Cl)cc1. The van der Waals surface area contributed by atoms with Gasteiger partial charge in [0.05, 0.1) is 17.0 Å². The molecular weight excluding hydrogens is 510 g/mol. The molecule has 0 aliphatic carbocycles. The Bertz CT molecular complexity index is 1510. The molecular formula is C29H20ClNO5S. The van der Waals surface area contributed by atoms with E-state index in [9.17, 15) is 14.4 Å². The quantitative estimate of drug-likeness (QED) is 0.148. The first-order chi connectivity index (χ1) is 18.0. The van der Waals surface area contributed by atoms with Gasteiger partial charge in [-0.25, -0.2) is 4.79 Å². The normalized spacial score (nSPS) is 14.4. The summed E-state index contributed by atoms with van der Waals surface area (Å²) in [7, 11) is 0. The number of hydrogen-bond acceptors (Lipinski definition) is 6. The van der Waals surface area contributed by atoms with Gasteiger partial charge in [0.25, 0.3) is 11.1 Å². The maximum atomic E-state index is 12.8. The van der Waals surface area contributed by atoms with Crippen molar-refractivity contribution in [1.82, 2.24) is 4.90 Å². The van der Waals surface area contributed by atoms with Crippen molar-refractivity contribution in [2.24, 2.45) is 0 Å². The fraction of sp³-hybridized carbons (Fsp3) is 0.0690. The van der Waals surface area contributed by atoms with Crippen molar-refractivity contribution in [2.45, 2.75) is 0 Å². The van der Waals surface area contributed by atoms with Gasteiger partial charge in [-0.1, -0.05) is 60.1 Å². The molecule has 0 aromatic heterocycles. The van der Waals surface area contributed by atoms with Gasteiger partial charge in [0, 0.05) is 10.4 Å². The molecule has 37 heavy (non-hydrogen) atoms. The van der Waals surface area contributed by atoms with E-state index in [1.54, 1.807) is 54.6 Å². The minimum Gasteiger partial charge on any atom is -0.491 e. The Morgan fingerprint density at radius 1 is 0.892 bits per heavy atom. The molecule has 2 amide bonds. The van der Waals surface area contributed by atoms with Crippen molar-refractivity contribution in [3.63, 3.8) is 0 Å². The van der Waals surface area contributed by atoms with Crippen molar-refractivity contribution in [1.29, 1.82) is 0 Å². The van der Waals surface area contributed by atoms with Crippen LogP contribution in [0.1, 0.15) is 15.9 Å². The van der Waals surface area contributed by atoms with E-state index < -0.39 is 5.97 Å². The Hall–Kier alpha value is -4.07. The van der Waals surface area contributed by atoms with Gasteiger partial charge in [-0.05, 0) is 71.3 Å². The summed E-state index contributed by atoms with van der Waals surface area (Å²) >= 11 is 6.73. The number of carbonyl (C=O) groups is 3. The summed E-state index contributed by atoms with van der Waals surface area (Å²) in [6.45, 7) is 0.331. The highest BCUT2D eigenvalue weighted by Gasteiger charge is 2.34. The zero-order valence-electron chi connectivity index (χ0n) is 19.4. The van der Waals surface area contributed by atoms with Gasteiger partial charge >= 0.3 is 5.97 Å². The van der Waals surface area contributed by atoms with Crippen LogP contribution in [-0.4, -0.2) is 35.2 Å². The summed E-state index contributed by atoms with van der Waals surface area (Å²) in [4.78, 5) is 39.1. The smallest absolute Gasteiger partial charge is 0.343 e. The third-order valence-corrected chi connectivity index (χ3v) is 6.82. The maximum absolute atomic E-state index is 12.8. The second-order valence-corrected chi connectivity index (χ2v) is 9.55. The van der Waals surface area contributed by atoms with Crippen LogP contribution in [0.15, 0.2) is 95.9 Å². The van der Waals surface area contributed by atoms with Crippen LogP contribution in [0, 0.1) is 0 Å². The highest BCUT2D eigenvalue weighted by Crippen LogP contribution is 2.32. The molecule has 4 aromatic rings. The van der Waals surface area contributed by atoms with E-state index in [0.29, 0.717) is 32.6 Å². The molecule has 0 atom stereocenters. The van der Waals surface area contributed by atoms with Gasteiger partial charge in [0.15, 0.2) is 0 Å². The number of fused-ring (bicyclic) bond motifs is 1. The Balaban J connectivity index is 1.19. The molecule has 0 bridgehead atoms. The van der Waals surface area contributed by atoms with E-state index in [1.165, 1.54) is 4.90 Å². The van der Waals surface area contributed by atoms with Gasteiger partial charge in [-0.15, -0.1) is 0 Å². The number of thioether (sulfide) groups is 1. The number of esters is 1. The summed E-state index contributed by atoms with van der Waals surface area (Å²) in [5.41, 5.74) is 1.08. The monoisotopic (exact) mass is 529 g/mol. The number of amides is 2. The van der Waals surface area contributed by atoms with E-state index in [4.69, 9.17) is 21.1 Å². The van der Waals surface area contributed by atoms with Crippen molar-refractivity contribution in [3.05, 3.63) is 112 Å². The average molecular weight is 530 g/mol. The maximum Gasteiger partial charge on any atom is 0.343 e. The molecule has 0 saturated carbocycles. The molecule has 1 aliphatic heterocycles. The highest BCUT2D eigenvalue weighted by molar-refractivity contribution is 8.18. The van der Waals surface area contributed by atoms with E-state index in [0.717, 1.165) is 22.5 Å². The number of nitrogens with zero attached hydrogens (tertiary/aromatic N) is 1. The molecule has 0 unspecified atom stereocenters. The van der Waals surface area contributed by atoms with E-state index in [1.807, 2.05) is 42.5 Å². The molecule has 0 N–H and O–H groups in total. The molecule has 1 aliphatic rings. The number of ether oxygens (including phenoxy) is 2. The number of halogens is 1. The van der Waals surface area contributed by atoms with Crippen molar-refractivity contribution < 1.29 is 23.9 Å². The minimum absolute atomic E-state index is 0.144. The van der Waals surface area contributed by atoms with Crippen molar-refractivity contribution in [2.75, 3.05) is 13.2 Å². The molecule has 1 fully saturated rings. The molecule has 0 radical (unpaired) electrons. The van der Waals surface area contributed by atoms with Crippen LogP contribution in [0.2, 0.25) is 5.02 Å². The lowest BCUT2D eigenvalue weighted by atomic mass is 10.1. The second kappa shape index (κ2) is 10.9. The van der Waals surface area contributed by atoms with Gasteiger partial charge in [0.1, 0.15) is 18.1 Å². The standard InChI is InChI=1S/C29H20ClNO5S/c30-22-12-10-21(11-13-22)28(33)36-23-14-8-19(9-15-23)18-26-27(32)31(29(34)37-26)16-17-35-25-7-3-5-20-4-1-2-6-24(20)25/h1-15,18H,16-17H2/b26-18-. The second-order valence-electron chi connectivity index (χ2n) is 8.12. The number of hydrogen-bond donors (Lipinski definition) is 0. The fourth-order valence-electron chi connectivity index (χ4n) is 3.80. The van der Waals surface area contributed by atoms with Gasteiger partial charge in [-0.2, -0.15) is 0 Å². The lowest BCUT2D eigenvalue weighted by Crippen LogP contribution is -2.32. The number of carbonyl (C=O) groups excluding carboxylic acids is 3. The van der Waals surface area contributed by atoms with Crippen LogP contribution >= 0.6 is 23.4 Å². The van der Waals surface area contributed by atoms with Crippen molar-refractivity contribution in [3.8, 4) is 11.5 Å². The number of rotatable bonds is 7. The van der Waals surface area contributed by atoms with Crippen molar-refractivity contribution >= 4 is 57.3 Å². The minimum atomic E-state index is -0.503. The summed E-state index contributed by atoms with van der Waals surface area (Å²) in [6.07, 6.45) is 1.64. The Labute approximate surface area is 222 Å². The molecule has 1 saturated heterocycles. The predicted octanol–water partition coefficient (Wildman–Crippen LogP) is 6.83. The van der Waals surface area contributed by atoms with E-state index in [2.05, 4.69) is 0 Å². The van der Waals surface area contributed by atoms with Crippen LogP contribution in [0.5, 0.6) is 11.5 Å². The largest absolute Gasteiger partial charge is 0.491 e. The van der Waals surface area contributed by atoms with Crippen LogP contribution in [0.4, 0.5) is 4.79 Å². The molecule has 184 valence electrons. The van der Waals surface area contributed by atoms with E-state index in [-0.39, 0.29) is 24.3 Å². The van der Waals surface area contributed by atoms with Crippen LogP contribution in [-0.2, 0) is 4.79 Å². The van der Waals surface area contributed by atoms with Gasteiger partial charge in [0.2, 0.25) is 0 Å². The number of imide groups is 1. The lowest BCUT2D eigenvalue weighted by molar-refractivity contribution is -0.123. The summed E-state index contributed by atoms with van der Waals surface area (Å²) < 4.78 is 11.3. The Morgan fingerprint density at radius 3 is 2.41 bits per heavy atom. The Morgan fingerprint density at radius 2 is 1.62 bits per heavy atom. The first-order valence-corrected chi connectivity index (χ1v) is 12.6. The molecule has 1 heterocycles. The number of benzene rings is 4. The zero-order chi connectivity index (χ0) is 25.8. The lowest BCUT2D eigenvalue weighted by Gasteiger charge is -2.14. The molecule has 4 aromatic carbocycles. The first-order valence-electron chi connectivity index (χ1n) is 11.4. The molecule has 6 nitrogen and oxygen atoms in total. The fourth-order valence-corrected chi connectivity index (χ4v) is 4.79. The molecule has 5 rings (SSSR count). The highest BCUT2D eigenvalue weighted by atomic mass is 35.5. The van der Waals surface area contributed by atoms with E-state index >= 15 is 0 Å². The Kier molecular flexibility index (Phi) is 7.25. The first kappa shape index (κ1) is 24.6.